The van der Waals surface area contributed by atoms with Gasteiger partial charge in [-0.15, -0.1) is 0 Å². The van der Waals surface area contributed by atoms with Crippen LogP contribution in [0.3, 0.4) is 0 Å². The topological polar surface area (TPSA) is 62.6 Å². The molecule has 12 heavy (non-hydrogen) atoms. The molecule has 4 nitrogen and oxygen atoms in total. The van der Waals surface area contributed by atoms with E-state index in [1.165, 1.54) is 19.4 Å². The summed E-state index contributed by atoms with van der Waals surface area (Å²) in [5.74, 6) is 0.265. The second-order valence-corrected chi connectivity index (χ2v) is 2.54. The molecule has 6 heteroatoms. The van der Waals surface area contributed by atoms with Gasteiger partial charge in [0.1, 0.15) is 5.02 Å². The highest BCUT2D eigenvalue weighted by Gasteiger charge is 2.13. The molecule has 0 unspecified atom stereocenters. The lowest BCUT2D eigenvalue weighted by Gasteiger charge is -2.03. The number of halogens is 1. The number of methoxy groups -OCH3 is 1. The zero-order valence-corrected chi connectivity index (χ0v) is 7.12. The van der Waals surface area contributed by atoms with Gasteiger partial charge in [-0.2, -0.15) is 0 Å². The Balaban J connectivity index is 3.02. The minimum absolute atomic E-state index is 0.237. The van der Waals surface area contributed by atoms with Crippen LogP contribution >= 0.6 is 11.6 Å². The van der Waals surface area contributed by atoms with Crippen molar-refractivity contribution >= 4 is 24.2 Å². The first-order chi connectivity index (χ1) is 5.65. The third-order valence-corrected chi connectivity index (χ3v) is 1.59. The zero-order chi connectivity index (χ0) is 9.14. The van der Waals surface area contributed by atoms with E-state index in [-0.39, 0.29) is 16.4 Å². The summed E-state index contributed by atoms with van der Waals surface area (Å²) in [6, 6.07) is 1.39. The molecule has 0 aliphatic carbocycles. The first kappa shape index (κ1) is 9.31. The molecular weight excluding hydrogens is 180 g/mol. The minimum atomic E-state index is -1.55. The number of hydrogen-bond acceptors (Lipinski definition) is 4. The molecule has 2 N–H and O–H groups in total. The van der Waals surface area contributed by atoms with Crippen LogP contribution in [0.1, 0.15) is 0 Å². The Kier molecular flexibility index (Phi) is 2.91. The van der Waals surface area contributed by atoms with Crippen LogP contribution in [0.4, 0.5) is 0 Å². The van der Waals surface area contributed by atoms with Gasteiger partial charge in [0.2, 0.25) is 5.88 Å². The quantitative estimate of drug-likeness (QED) is 0.608. The van der Waals surface area contributed by atoms with Crippen LogP contribution in [0.2, 0.25) is 5.02 Å². The van der Waals surface area contributed by atoms with E-state index in [1.54, 1.807) is 0 Å². The number of ether oxygens (including phenoxy) is 1. The maximum absolute atomic E-state index is 8.73. The summed E-state index contributed by atoms with van der Waals surface area (Å²) in [5.41, 5.74) is 0.237. The monoisotopic (exact) mass is 187 g/mol. The highest BCUT2D eigenvalue weighted by molar-refractivity contribution is 6.58. The van der Waals surface area contributed by atoms with E-state index in [0.717, 1.165) is 0 Å². The lowest BCUT2D eigenvalue weighted by Crippen LogP contribution is -2.30. The molecule has 64 valence electrons. The van der Waals surface area contributed by atoms with Crippen LogP contribution in [0, 0.1) is 0 Å². The van der Waals surface area contributed by atoms with Crippen LogP contribution in [-0.4, -0.2) is 29.3 Å². The number of aromatic nitrogens is 1. The Morgan fingerprint density at radius 3 is 2.67 bits per heavy atom. The average molecular weight is 187 g/mol. The van der Waals surface area contributed by atoms with E-state index < -0.39 is 7.12 Å². The van der Waals surface area contributed by atoms with Gasteiger partial charge >= 0.3 is 7.12 Å². The second-order valence-electron chi connectivity index (χ2n) is 2.13. The minimum Gasteiger partial charge on any atom is -0.480 e. The number of nitrogens with zero attached hydrogens (tertiary/aromatic N) is 1. The van der Waals surface area contributed by atoms with Crippen LogP contribution in [0.5, 0.6) is 5.88 Å². The first-order valence-electron chi connectivity index (χ1n) is 3.20. The SMILES string of the molecule is COc1ncc(B(O)O)cc1Cl. The summed E-state index contributed by atoms with van der Waals surface area (Å²) in [6.45, 7) is 0. The Hall–Kier alpha value is -0.775. The summed E-state index contributed by atoms with van der Waals surface area (Å²) in [5, 5.41) is 17.7. The summed E-state index contributed by atoms with van der Waals surface area (Å²) in [4.78, 5) is 3.74. The Bertz CT molecular complexity index is 281. The van der Waals surface area contributed by atoms with Crippen molar-refractivity contribution in [3.63, 3.8) is 0 Å². The lowest BCUT2D eigenvalue weighted by molar-refractivity contribution is 0.397. The maximum Gasteiger partial charge on any atom is 0.490 e. The maximum atomic E-state index is 8.73. The number of rotatable bonds is 2. The molecule has 1 aromatic heterocycles. The van der Waals surface area contributed by atoms with E-state index in [9.17, 15) is 0 Å². The van der Waals surface area contributed by atoms with Crippen molar-refractivity contribution < 1.29 is 14.8 Å². The Morgan fingerprint density at radius 1 is 1.58 bits per heavy atom. The van der Waals surface area contributed by atoms with Gasteiger partial charge in [-0.3, -0.25) is 0 Å². The van der Waals surface area contributed by atoms with Crippen molar-refractivity contribution in [2.45, 2.75) is 0 Å². The van der Waals surface area contributed by atoms with E-state index in [4.69, 9.17) is 26.4 Å². The van der Waals surface area contributed by atoms with Crippen LogP contribution in [0.15, 0.2) is 12.3 Å². The van der Waals surface area contributed by atoms with Crippen LogP contribution < -0.4 is 10.2 Å². The van der Waals surface area contributed by atoms with E-state index in [1.807, 2.05) is 0 Å². The van der Waals surface area contributed by atoms with Crippen molar-refractivity contribution in [2.75, 3.05) is 7.11 Å². The van der Waals surface area contributed by atoms with Gasteiger partial charge in [-0.05, 0) is 6.07 Å². The van der Waals surface area contributed by atoms with Gasteiger partial charge in [-0.25, -0.2) is 4.98 Å². The molecule has 0 radical (unpaired) electrons. The summed E-state index contributed by atoms with van der Waals surface area (Å²) in [6.07, 6.45) is 1.29. The van der Waals surface area contributed by atoms with Gasteiger partial charge in [-0.1, -0.05) is 11.6 Å². The normalized spacial score (nSPS) is 9.67. The highest BCUT2D eigenvalue weighted by atomic mass is 35.5. The van der Waals surface area contributed by atoms with Gasteiger partial charge in [0.05, 0.1) is 7.11 Å². The van der Waals surface area contributed by atoms with Crippen LogP contribution in [0.25, 0.3) is 0 Å². The van der Waals surface area contributed by atoms with Crippen molar-refractivity contribution in [3.05, 3.63) is 17.3 Å². The zero-order valence-electron chi connectivity index (χ0n) is 6.36. The van der Waals surface area contributed by atoms with Gasteiger partial charge < -0.3 is 14.8 Å². The fourth-order valence-electron chi connectivity index (χ4n) is 0.732. The molecule has 0 spiro atoms. The standard InChI is InChI=1S/C6H7BClNO3/c1-12-6-5(8)2-4(3-9-6)7(10)11/h2-3,10-11H,1H3. The van der Waals surface area contributed by atoms with Crippen molar-refractivity contribution in [1.29, 1.82) is 0 Å². The summed E-state index contributed by atoms with van der Waals surface area (Å²) in [7, 11) is -0.121. The molecule has 0 saturated heterocycles. The fourth-order valence-corrected chi connectivity index (χ4v) is 0.984. The molecule has 0 aliphatic rings. The third kappa shape index (κ3) is 1.88. The van der Waals surface area contributed by atoms with Gasteiger partial charge in [0.15, 0.2) is 0 Å². The molecule has 1 aromatic rings. The predicted octanol–water partition coefficient (Wildman–Crippen LogP) is -0.577. The van der Waals surface area contributed by atoms with Crippen LogP contribution in [-0.2, 0) is 0 Å². The fraction of sp³-hybridized carbons (Fsp3) is 0.167. The Morgan fingerprint density at radius 2 is 2.25 bits per heavy atom. The number of hydrogen-bond donors (Lipinski definition) is 2. The molecule has 1 rings (SSSR count). The van der Waals surface area contributed by atoms with Crippen molar-refractivity contribution in [2.24, 2.45) is 0 Å². The lowest BCUT2D eigenvalue weighted by atomic mass is 9.82. The number of pyridine rings is 1. The molecule has 0 aromatic carbocycles. The molecule has 0 saturated carbocycles. The molecular formula is C6H7BClNO3. The van der Waals surface area contributed by atoms with Gasteiger partial charge in [0, 0.05) is 11.7 Å². The second kappa shape index (κ2) is 3.75. The average Bonchev–Trinajstić information content (AvgIpc) is 2.04. The molecule has 0 bridgehead atoms. The molecule has 0 aliphatic heterocycles. The highest BCUT2D eigenvalue weighted by Crippen LogP contribution is 2.18. The van der Waals surface area contributed by atoms with E-state index in [2.05, 4.69) is 4.98 Å². The molecule has 0 fully saturated rings. The van der Waals surface area contributed by atoms with E-state index >= 15 is 0 Å². The van der Waals surface area contributed by atoms with Gasteiger partial charge in [0.25, 0.3) is 0 Å². The largest absolute Gasteiger partial charge is 0.490 e. The van der Waals surface area contributed by atoms with Crippen molar-refractivity contribution in [3.8, 4) is 5.88 Å². The first-order valence-corrected chi connectivity index (χ1v) is 3.58. The van der Waals surface area contributed by atoms with Crippen molar-refractivity contribution in [1.82, 2.24) is 4.98 Å². The predicted molar refractivity (Wildman–Crippen MR) is 45.6 cm³/mol. The van der Waals surface area contributed by atoms with E-state index in [0.29, 0.717) is 0 Å². The summed E-state index contributed by atoms with van der Waals surface area (Å²) >= 11 is 5.66. The Labute approximate surface area is 74.9 Å². The smallest absolute Gasteiger partial charge is 0.480 e. The molecule has 1 heterocycles. The molecule has 0 amide bonds. The summed E-state index contributed by atoms with van der Waals surface area (Å²) < 4.78 is 4.77. The molecule has 0 atom stereocenters. The third-order valence-electron chi connectivity index (χ3n) is 1.32.